The van der Waals surface area contributed by atoms with Gasteiger partial charge in [-0.15, -0.1) is 0 Å². The summed E-state index contributed by atoms with van der Waals surface area (Å²) in [6.45, 7) is 6.57. The smallest absolute Gasteiger partial charge is 0.410 e. The Bertz CT molecular complexity index is 968. The molecule has 26 heavy (non-hydrogen) atoms. The van der Waals surface area contributed by atoms with Gasteiger partial charge in [-0.05, 0) is 33.3 Å². The molecule has 1 atom stereocenters. The predicted molar refractivity (Wildman–Crippen MR) is 96.8 cm³/mol. The summed E-state index contributed by atoms with van der Waals surface area (Å²) in [6, 6.07) is 2.00. The highest BCUT2D eigenvalue weighted by Gasteiger charge is 2.32. The zero-order chi connectivity index (χ0) is 18.5. The molecule has 0 aromatic carbocycles. The largest absolute Gasteiger partial charge is 0.444 e. The van der Waals surface area contributed by atoms with Gasteiger partial charge in [-0.25, -0.2) is 14.8 Å². The minimum Gasteiger partial charge on any atom is -0.444 e. The van der Waals surface area contributed by atoms with E-state index >= 15 is 0 Å². The van der Waals surface area contributed by atoms with Gasteiger partial charge in [0.15, 0.2) is 0 Å². The van der Waals surface area contributed by atoms with Crippen molar-refractivity contribution in [3.05, 3.63) is 24.3 Å². The van der Waals surface area contributed by atoms with Crippen molar-refractivity contribution in [1.82, 2.24) is 24.4 Å². The summed E-state index contributed by atoms with van der Waals surface area (Å²) in [7, 11) is 0. The zero-order valence-electron chi connectivity index (χ0n) is 15.2. The first-order valence-corrected chi connectivity index (χ1v) is 8.79. The normalized spacial score (nSPS) is 18.2. The summed E-state index contributed by atoms with van der Waals surface area (Å²) in [5.74, 6) is 0.589. The van der Waals surface area contributed by atoms with Crippen LogP contribution in [-0.2, 0) is 11.3 Å². The molecular formula is C18H23N5O3. The number of carbonyl (C=O) groups excluding carboxylic acids is 1. The van der Waals surface area contributed by atoms with Gasteiger partial charge >= 0.3 is 6.09 Å². The van der Waals surface area contributed by atoms with Gasteiger partial charge in [-0.2, -0.15) is 0 Å². The maximum atomic E-state index is 12.4. The van der Waals surface area contributed by atoms with Crippen LogP contribution < -0.4 is 0 Å². The maximum absolute atomic E-state index is 12.4. The highest BCUT2D eigenvalue weighted by molar-refractivity contribution is 6.01. The van der Waals surface area contributed by atoms with E-state index < -0.39 is 5.60 Å². The van der Waals surface area contributed by atoms with E-state index in [1.54, 1.807) is 11.1 Å². The number of imidazole rings is 1. The molecule has 4 heterocycles. The van der Waals surface area contributed by atoms with E-state index in [0.717, 1.165) is 28.5 Å². The number of hydrogen-bond acceptors (Lipinski definition) is 5. The van der Waals surface area contributed by atoms with Crippen LogP contribution in [-0.4, -0.2) is 54.3 Å². The summed E-state index contributed by atoms with van der Waals surface area (Å²) in [5.41, 5.74) is 1.95. The first kappa shape index (κ1) is 16.8. The topological polar surface area (TPSA) is 96.3 Å². The number of nitrogens with zero attached hydrogens (tertiary/aromatic N) is 4. The zero-order valence-corrected chi connectivity index (χ0v) is 15.2. The number of likely N-dealkylation sites (tertiary alicyclic amines) is 1. The van der Waals surface area contributed by atoms with Crippen molar-refractivity contribution >= 4 is 28.2 Å². The van der Waals surface area contributed by atoms with Gasteiger partial charge in [0.1, 0.15) is 29.2 Å². The third-order valence-corrected chi connectivity index (χ3v) is 4.63. The number of aliphatic hydroxyl groups excluding tert-OH is 1. The van der Waals surface area contributed by atoms with Crippen LogP contribution in [0.3, 0.4) is 0 Å². The fraction of sp³-hybridized carbons (Fsp3) is 0.500. The van der Waals surface area contributed by atoms with Crippen LogP contribution in [0.1, 0.15) is 39.1 Å². The highest BCUT2D eigenvalue weighted by atomic mass is 16.6. The average molecular weight is 357 g/mol. The molecule has 3 aromatic rings. The number of nitrogens with one attached hydrogen (secondary N) is 1. The number of amides is 1. The van der Waals surface area contributed by atoms with Crippen molar-refractivity contribution in [2.75, 3.05) is 13.1 Å². The van der Waals surface area contributed by atoms with Crippen LogP contribution in [0.4, 0.5) is 4.79 Å². The minimum atomic E-state index is -0.518. The summed E-state index contributed by atoms with van der Waals surface area (Å²) in [6.07, 6.45) is 4.04. The Kier molecular flexibility index (Phi) is 3.87. The first-order valence-electron chi connectivity index (χ1n) is 8.79. The Labute approximate surface area is 150 Å². The fourth-order valence-electron chi connectivity index (χ4n) is 3.59. The van der Waals surface area contributed by atoms with Gasteiger partial charge < -0.3 is 24.3 Å². The van der Waals surface area contributed by atoms with Gasteiger partial charge in [-0.3, -0.25) is 0 Å². The van der Waals surface area contributed by atoms with Crippen molar-refractivity contribution < 1.29 is 14.6 Å². The third-order valence-electron chi connectivity index (χ3n) is 4.63. The number of H-pyrrole nitrogens is 1. The number of hydrogen-bond donors (Lipinski definition) is 2. The Balaban J connectivity index is 1.71. The first-order chi connectivity index (χ1) is 12.4. The molecule has 1 amide bonds. The van der Waals surface area contributed by atoms with Crippen LogP contribution in [0.15, 0.2) is 18.5 Å². The van der Waals surface area contributed by atoms with E-state index in [-0.39, 0.29) is 18.7 Å². The Morgan fingerprint density at radius 3 is 3.00 bits per heavy atom. The number of rotatable bonds is 2. The van der Waals surface area contributed by atoms with E-state index in [9.17, 15) is 9.90 Å². The number of carbonyl (C=O) groups is 1. The molecule has 2 N–H and O–H groups in total. The summed E-state index contributed by atoms with van der Waals surface area (Å²) in [4.78, 5) is 26.1. The van der Waals surface area contributed by atoms with Crippen LogP contribution in [0.25, 0.3) is 22.1 Å². The standard InChI is InChI=1S/C18H23N5O3/c1-18(2,3)26-17(25)22-7-5-11(9-22)23-14(10-24)21-13-8-20-16-12(15(13)23)4-6-19-16/h4,6,8,11,24H,5,7,9-10H2,1-3H3,(H,19,20). The molecule has 1 saturated heterocycles. The molecular weight excluding hydrogens is 334 g/mol. The van der Waals surface area contributed by atoms with E-state index in [2.05, 4.69) is 19.5 Å². The number of aromatic nitrogens is 4. The van der Waals surface area contributed by atoms with Crippen molar-refractivity contribution in [3.63, 3.8) is 0 Å². The lowest BCUT2D eigenvalue weighted by molar-refractivity contribution is 0.0289. The molecule has 1 aliphatic heterocycles. The minimum absolute atomic E-state index is 0.0372. The van der Waals surface area contributed by atoms with Crippen LogP contribution in [0, 0.1) is 0 Å². The van der Waals surface area contributed by atoms with Crippen LogP contribution in [0.2, 0.25) is 0 Å². The molecule has 1 unspecified atom stereocenters. The van der Waals surface area contributed by atoms with Gasteiger partial charge in [0.25, 0.3) is 0 Å². The van der Waals surface area contributed by atoms with Gasteiger partial charge in [0.05, 0.1) is 17.8 Å². The molecule has 0 spiro atoms. The molecule has 1 fully saturated rings. The number of aliphatic hydroxyl groups is 1. The van der Waals surface area contributed by atoms with Crippen molar-refractivity contribution in [2.45, 2.75) is 45.4 Å². The number of pyridine rings is 1. The second kappa shape index (κ2) is 5.98. The molecule has 4 rings (SSSR count). The van der Waals surface area contributed by atoms with E-state index in [1.807, 2.05) is 33.0 Å². The summed E-state index contributed by atoms with van der Waals surface area (Å²) >= 11 is 0. The molecule has 3 aromatic heterocycles. The van der Waals surface area contributed by atoms with Crippen molar-refractivity contribution in [1.29, 1.82) is 0 Å². The maximum Gasteiger partial charge on any atom is 0.410 e. The molecule has 8 heteroatoms. The van der Waals surface area contributed by atoms with Crippen LogP contribution in [0.5, 0.6) is 0 Å². The number of ether oxygens (including phenoxy) is 1. The van der Waals surface area contributed by atoms with E-state index in [4.69, 9.17) is 4.74 Å². The molecule has 0 radical (unpaired) electrons. The predicted octanol–water partition coefficient (Wildman–Crippen LogP) is 2.59. The van der Waals surface area contributed by atoms with E-state index in [1.165, 1.54) is 0 Å². The summed E-state index contributed by atoms with van der Waals surface area (Å²) < 4.78 is 7.54. The second-order valence-electron chi connectivity index (χ2n) is 7.66. The monoisotopic (exact) mass is 357 g/mol. The SMILES string of the molecule is CC(C)(C)OC(=O)N1CCC(n2c(CO)nc3cnc4[nH]ccc4c32)C1. The molecule has 0 bridgehead atoms. The lowest BCUT2D eigenvalue weighted by atomic mass is 10.2. The van der Waals surface area contributed by atoms with Crippen molar-refractivity contribution in [3.8, 4) is 0 Å². The quantitative estimate of drug-likeness (QED) is 0.735. The van der Waals surface area contributed by atoms with E-state index in [0.29, 0.717) is 18.9 Å². The molecule has 8 nitrogen and oxygen atoms in total. The molecule has 0 saturated carbocycles. The highest BCUT2D eigenvalue weighted by Crippen LogP contribution is 2.32. The van der Waals surface area contributed by atoms with Gasteiger partial charge in [-0.1, -0.05) is 0 Å². The lowest BCUT2D eigenvalue weighted by Gasteiger charge is -2.24. The number of fused-ring (bicyclic) bond motifs is 3. The molecule has 1 aliphatic rings. The molecule has 0 aliphatic carbocycles. The Morgan fingerprint density at radius 1 is 1.46 bits per heavy atom. The fourth-order valence-corrected chi connectivity index (χ4v) is 3.59. The van der Waals surface area contributed by atoms with Gasteiger partial charge in [0, 0.05) is 24.7 Å². The Morgan fingerprint density at radius 2 is 2.27 bits per heavy atom. The third kappa shape index (κ3) is 2.80. The second-order valence-corrected chi connectivity index (χ2v) is 7.66. The number of aromatic amines is 1. The van der Waals surface area contributed by atoms with Crippen molar-refractivity contribution in [2.24, 2.45) is 0 Å². The average Bonchev–Trinajstić information content (AvgIpc) is 3.28. The van der Waals surface area contributed by atoms with Gasteiger partial charge in [0.2, 0.25) is 0 Å². The lowest BCUT2D eigenvalue weighted by Crippen LogP contribution is -2.35. The summed E-state index contributed by atoms with van der Waals surface area (Å²) in [5, 5.41) is 10.8. The Hall–Kier alpha value is -2.61. The molecule has 138 valence electrons. The van der Waals surface area contributed by atoms with Crippen LogP contribution >= 0.6 is 0 Å².